The topological polar surface area (TPSA) is 128 Å². The fraction of sp³-hybridized carbons (Fsp3) is 0.300. The number of nitrogens with one attached hydrogen (secondary N) is 1. The van der Waals surface area contributed by atoms with Crippen LogP contribution in [0.15, 0.2) is 48.5 Å². The lowest BCUT2D eigenvalue weighted by atomic mass is 10.0. The second-order valence-electron chi connectivity index (χ2n) is 6.50. The van der Waals surface area contributed by atoms with Crippen LogP contribution in [-0.4, -0.2) is 34.5 Å². The summed E-state index contributed by atoms with van der Waals surface area (Å²) in [6, 6.07) is 13.2. The van der Waals surface area contributed by atoms with Crippen LogP contribution in [0.2, 0.25) is 10.0 Å². The lowest BCUT2D eigenvalue weighted by molar-refractivity contribution is -0.757. The molecule has 0 aliphatic heterocycles. The largest absolute Gasteiger partial charge is 0.477 e. The number of rotatable bonds is 12. The average molecular weight is 471 g/mol. The van der Waals surface area contributed by atoms with E-state index in [1.54, 1.807) is 36.4 Å². The predicted octanol–water partition coefficient (Wildman–Crippen LogP) is 4.35. The van der Waals surface area contributed by atoms with E-state index >= 15 is 0 Å². The van der Waals surface area contributed by atoms with Gasteiger partial charge in [-0.1, -0.05) is 59.6 Å². The zero-order valence-electron chi connectivity index (χ0n) is 16.3. The van der Waals surface area contributed by atoms with Gasteiger partial charge in [0.25, 0.3) is 10.8 Å². The second-order valence-corrected chi connectivity index (χ2v) is 7.32. The first kappa shape index (κ1) is 24.2. The van der Waals surface area contributed by atoms with Crippen LogP contribution in [0.1, 0.15) is 24.8 Å². The molecule has 0 radical (unpaired) electrons. The highest BCUT2D eigenvalue weighted by atomic mass is 35.5. The normalized spacial score (nSPS) is 12.5. The van der Waals surface area contributed by atoms with Crippen molar-refractivity contribution in [2.24, 2.45) is 0 Å². The van der Waals surface area contributed by atoms with Crippen molar-refractivity contribution in [3.63, 3.8) is 0 Å². The fourth-order valence-corrected chi connectivity index (χ4v) is 3.26. The summed E-state index contributed by atoms with van der Waals surface area (Å²) in [5.41, 5.74) is -1.47. The number of aliphatic carboxylic acids is 1. The van der Waals surface area contributed by atoms with Gasteiger partial charge in [-0.05, 0) is 30.5 Å². The summed E-state index contributed by atoms with van der Waals surface area (Å²) in [6.07, 6.45) is -0.0816. The third-order valence-electron chi connectivity index (χ3n) is 4.23. The molecule has 31 heavy (non-hydrogen) atoms. The molecule has 2 N–H and O–H groups in total. The Morgan fingerprint density at radius 3 is 2.29 bits per heavy atom. The molecule has 0 amide bonds. The van der Waals surface area contributed by atoms with E-state index in [1.807, 2.05) is 0 Å². The fourth-order valence-electron chi connectivity index (χ4n) is 2.77. The van der Waals surface area contributed by atoms with Crippen LogP contribution in [0.3, 0.4) is 0 Å². The number of hydrogen-bond donors (Lipinski definition) is 2. The molecule has 9 nitrogen and oxygen atoms in total. The molecule has 0 bridgehead atoms. The summed E-state index contributed by atoms with van der Waals surface area (Å²) in [7, 11) is 0. The van der Waals surface area contributed by atoms with Crippen LogP contribution in [0.25, 0.3) is 0 Å². The molecule has 0 saturated heterocycles. The predicted molar refractivity (Wildman–Crippen MR) is 113 cm³/mol. The molecule has 2 aromatic rings. The first-order chi connectivity index (χ1) is 14.7. The number of benzene rings is 2. The third kappa shape index (κ3) is 7.30. The minimum absolute atomic E-state index is 0.0854. The Morgan fingerprint density at radius 1 is 1.06 bits per heavy atom. The Labute approximate surface area is 188 Å². The molecule has 0 fully saturated rings. The highest BCUT2D eigenvalue weighted by molar-refractivity contribution is 6.39. The number of halogens is 2. The molecule has 2 aromatic carbocycles. The van der Waals surface area contributed by atoms with Gasteiger partial charge in [-0.25, -0.2) is 4.79 Å². The van der Waals surface area contributed by atoms with Crippen LogP contribution in [-0.2, 0) is 25.6 Å². The number of anilines is 1. The molecule has 0 saturated carbocycles. The van der Waals surface area contributed by atoms with E-state index in [-0.39, 0.29) is 48.0 Å². The van der Waals surface area contributed by atoms with Crippen LogP contribution < -0.4 is 5.32 Å². The summed E-state index contributed by atoms with van der Waals surface area (Å²) >= 11 is 12.3. The number of hydrogen-bond acceptors (Lipinski definition) is 7. The number of nitrogens with zero attached hydrogens (tertiary/aromatic N) is 1. The standard InChI is InChI=1S/C20H20Cl2N2O7/c21-15-9-6-10-16(22)18(15)23-20(19(26)27,11-4-5-12-30-24(28)29)31-17(25)13-14-7-2-1-3-8-14/h1-3,6-10,23H,4-5,11-13H2,(H,26,27). The average Bonchev–Trinajstić information content (AvgIpc) is 2.70. The van der Waals surface area contributed by atoms with Crippen LogP contribution in [0, 0.1) is 10.1 Å². The van der Waals surface area contributed by atoms with E-state index in [9.17, 15) is 24.8 Å². The molecule has 11 heteroatoms. The van der Waals surface area contributed by atoms with Gasteiger partial charge in [-0.15, -0.1) is 10.1 Å². The van der Waals surface area contributed by atoms with Crippen molar-refractivity contribution in [3.8, 4) is 0 Å². The summed E-state index contributed by atoms with van der Waals surface area (Å²) in [6.45, 7) is -0.229. The second kappa shape index (κ2) is 11.4. The maximum Gasteiger partial charge on any atom is 0.370 e. The van der Waals surface area contributed by atoms with Gasteiger partial charge in [0.05, 0.1) is 28.8 Å². The molecule has 2 rings (SSSR count). The molecule has 0 spiro atoms. The zero-order valence-corrected chi connectivity index (χ0v) is 17.8. The third-order valence-corrected chi connectivity index (χ3v) is 4.86. The van der Waals surface area contributed by atoms with Crippen molar-refractivity contribution >= 4 is 40.8 Å². The number of carbonyl (C=O) groups excluding carboxylic acids is 1. The number of esters is 1. The Morgan fingerprint density at radius 2 is 1.71 bits per heavy atom. The molecular formula is C20H20Cl2N2O7. The van der Waals surface area contributed by atoms with E-state index < -0.39 is 22.8 Å². The smallest absolute Gasteiger partial charge is 0.370 e. The maximum atomic E-state index is 12.6. The number of carbonyl (C=O) groups is 2. The number of carboxylic acids is 1. The zero-order chi connectivity index (χ0) is 22.9. The Bertz CT molecular complexity index is 907. The van der Waals surface area contributed by atoms with E-state index in [0.29, 0.717) is 5.56 Å². The highest BCUT2D eigenvalue weighted by Crippen LogP contribution is 2.34. The quantitative estimate of drug-likeness (QED) is 0.154. The van der Waals surface area contributed by atoms with Gasteiger partial charge in [0.15, 0.2) is 0 Å². The van der Waals surface area contributed by atoms with Gasteiger partial charge in [-0.3, -0.25) is 4.79 Å². The van der Waals surface area contributed by atoms with E-state index in [1.165, 1.54) is 12.1 Å². The van der Waals surface area contributed by atoms with Gasteiger partial charge in [0.1, 0.15) is 0 Å². The summed E-state index contributed by atoms with van der Waals surface area (Å²) in [4.78, 5) is 39.3. The minimum Gasteiger partial charge on any atom is -0.477 e. The molecule has 0 aliphatic carbocycles. The minimum atomic E-state index is -2.20. The number of carboxylic acid groups (broad SMARTS) is 1. The van der Waals surface area contributed by atoms with Crippen molar-refractivity contribution in [2.45, 2.75) is 31.4 Å². The maximum absolute atomic E-state index is 12.6. The molecule has 1 unspecified atom stereocenters. The van der Waals surface area contributed by atoms with Crippen molar-refractivity contribution in [1.29, 1.82) is 0 Å². The van der Waals surface area contributed by atoms with Gasteiger partial charge in [-0.2, -0.15) is 0 Å². The van der Waals surface area contributed by atoms with Gasteiger partial charge in [0.2, 0.25) is 0 Å². The number of ether oxygens (including phenoxy) is 1. The molecule has 0 aromatic heterocycles. The summed E-state index contributed by atoms with van der Waals surface area (Å²) in [5, 5.41) is 22.2. The summed E-state index contributed by atoms with van der Waals surface area (Å²) < 4.78 is 5.40. The Kier molecular flexibility index (Phi) is 8.89. The number of unbranched alkanes of at least 4 members (excludes halogenated alkanes) is 1. The van der Waals surface area contributed by atoms with Gasteiger partial charge >= 0.3 is 11.9 Å². The molecule has 0 heterocycles. The van der Waals surface area contributed by atoms with Crippen LogP contribution in [0.5, 0.6) is 0 Å². The number of para-hydroxylation sites is 1. The molecule has 1 atom stereocenters. The molecule has 166 valence electrons. The van der Waals surface area contributed by atoms with Crippen molar-refractivity contribution < 1.29 is 29.4 Å². The van der Waals surface area contributed by atoms with E-state index in [4.69, 9.17) is 27.9 Å². The van der Waals surface area contributed by atoms with Gasteiger partial charge < -0.3 is 20.0 Å². The highest BCUT2D eigenvalue weighted by Gasteiger charge is 2.43. The van der Waals surface area contributed by atoms with E-state index in [2.05, 4.69) is 10.2 Å². The SMILES string of the molecule is O=C(Cc1ccccc1)OC(CCCCO[N+](=O)[O-])(Nc1c(Cl)cccc1Cl)C(=O)O. The summed E-state index contributed by atoms with van der Waals surface area (Å²) in [5.74, 6) is -2.26. The van der Waals surface area contributed by atoms with Crippen molar-refractivity contribution in [2.75, 3.05) is 11.9 Å². The van der Waals surface area contributed by atoms with Crippen LogP contribution >= 0.6 is 23.2 Å². The van der Waals surface area contributed by atoms with Gasteiger partial charge in [0, 0.05) is 6.42 Å². The lowest BCUT2D eigenvalue weighted by Gasteiger charge is -2.32. The van der Waals surface area contributed by atoms with Crippen molar-refractivity contribution in [1.82, 2.24) is 0 Å². The van der Waals surface area contributed by atoms with Crippen LogP contribution in [0.4, 0.5) is 5.69 Å². The Hall–Kier alpha value is -3.04. The molecular weight excluding hydrogens is 451 g/mol. The van der Waals surface area contributed by atoms with E-state index in [0.717, 1.165) is 0 Å². The Balaban J connectivity index is 2.25. The molecule has 0 aliphatic rings. The monoisotopic (exact) mass is 470 g/mol. The van der Waals surface area contributed by atoms with Crippen molar-refractivity contribution in [3.05, 3.63) is 74.3 Å². The first-order valence-corrected chi connectivity index (χ1v) is 9.98. The lowest BCUT2D eigenvalue weighted by Crippen LogP contribution is -2.50. The first-order valence-electron chi connectivity index (χ1n) is 9.22.